The van der Waals surface area contributed by atoms with Gasteiger partial charge in [0.1, 0.15) is 0 Å². The summed E-state index contributed by atoms with van der Waals surface area (Å²) in [7, 11) is 0. The van der Waals surface area contributed by atoms with Gasteiger partial charge in [-0.25, -0.2) is 0 Å². The first-order valence-corrected chi connectivity index (χ1v) is 8.62. The van der Waals surface area contributed by atoms with Crippen LogP contribution < -0.4 is 11.1 Å². The first kappa shape index (κ1) is 17.2. The zero-order valence-corrected chi connectivity index (χ0v) is 13.5. The van der Waals surface area contributed by atoms with Crippen LogP contribution in [0.15, 0.2) is 17.5 Å². The predicted molar refractivity (Wildman–Crippen MR) is 86.8 cm³/mol. The van der Waals surface area contributed by atoms with E-state index in [1.54, 1.807) is 11.3 Å². The Balaban J connectivity index is 2.38. The molecule has 0 aliphatic rings. The van der Waals surface area contributed by atoms with Crippen molar-refractivity contribution in [3.63, 3.8) is 0 Å². The Morgan fingerprint density at radius 3 is 2.70 bits per heavy atom. The van der Waals surface area contributed by atoms with E-state index in [1.165, 1.54) is 17.7 Å². The molecule has 1 rings (SSSR count). The van der Waals surface area contributed by atoms with E-state index in [-0.39, 0.29) is 11.9 Å². The summed E-state index contributed by atoms with van der Waals surface area (Å²) in [5.41, 5.74) is 5.63. The molecule has 1 amide bonds. The van der Waals surface area contributed by atoms with E-state index in [2.05, 4.69) is 30.6 Å². The number of carbonyl (C=O) groups excluding carboxylic acids is 1. The van der Waals surface area contributed by atoms with E-state index in [9.17, 15) is 4.79 Å². The topological polar surface area (TPSA) is 55.1 Å². The molecule has 4 heteroatoms. The molecule has 0 saturated heterocycles. The van der Waals surface area contributed by atoms with Gasteiger partial charge in [0.05, 0.1) is 6.04 Å². The molecule has 0 aliphatic carbocycles. The van der Waals surface area contributed by atoms with Crippen molar-refractivity contribution in [2.45, 2.75) is 58.4 Å². The second-order valence-corrected chi connectivity index (χ2v) is 6.29. The molecule has 20 heavy (non-hydrogen) atoms. The molecule has 3 nitrogen and oxygen atoms in total. The normalized spacial score (nSPS) is 13.9. The molecule has 1 heterocycles. The SMILES string of the molecule is CCCC(CCN)CCC(=O)NC(CC)c1cccs1. The van der Waals surface area contributed by atoms with Gasteiger partial charge in [-0.1, -0.05) is 32.8 Å². The number of carbonyl (C=O) groups is 1. The van der Waals surface area contributed by atoms with E-state index in [0.717, 1.165) is 25.8 Å². The maximum atomic E-state index is 12.1. The third kappa shape index (κ3) is 6.06. The largest absolute Gasteiger partial charge is 0.348 e. The molecule has 0 spiro atoms. The Bertz CT molecular complexity index is 359. The van der Waals surface area contributed by atoms with Gasteiger partial charge in [0, 0.05) is 11.3 Å². The van der Waals surface area contributed by atoms with Gasteiger partial charge in [0.15, 0.2) is 0 Å². The van der Waals surface area contributed by atoms with E-state index >= 15 is 0 Å². The quantitative estimate of drug-likeness (QED) is 0.689. The highest BCUT2D eigenvalue weighted by atomic mass is 32.1. The van der Waals surface area contributed by atoms with Crippen LogP contribution in [0.2, 0.25) is 0 Å². The van der Waals surface area contributed by atoms with Crippen LogP contribution in [-0.2, 0) is 4.79 Å². The minimum absolute atomic E-state index is 0.168. The zero-order chi connectivity index (χ0) is 14.8. The fourth-order valence-corrected chi connectivity index (χ4v) is 3.40. The van der Waals surface area contributed by atoms with Gasteiger partial charge < -0.3 is 11.1 Å². The second-order valence-electron chi connectivity index (χ2n) is 5.31. The van der Waals surface area contributed by atoms with Crippen LogP contribution in [-0.4, -0.2) is 12.5 Å². The van der Waals surface area contributed by atoms with E-state index in [1.807, 2.05) is 6.07 Å². The van der Waals surface area contributed by atoms with E-state index in [0.29, 0.717) is 12.3 Å². The van der Waals surface area contributed by atoms with Crippen molar-refractivity contribution in [1.29, 1.82) is 0 Å². The van der Waals surface area contributed by atoms with Crippen molar-refractivity contribution in [1.82, 2.24) is 5.32 Å². The minimum Gasteiger partial charge on any atom is -0.348 e. The van der Waals surface area contributed by atoms with Crippen molar-refractivity contribution >= 4 is 17.2 Å². The molecule has 114 valence electrons. The molecule has 0 aliphatic heterocycles. The van der Waals surface area contributed by atoms with Crippen LogP contribution in [0.5, 0.6) is 0 Å². The number of rotatable bonds is 10. The fraction of sp³-hybridized carbons (Fsp3) is 0.688. The summed E-state index contributed by atoms with van der Waals surface area (Å²) >= 11 is 1.71. The van der Waals surface area contributed by atoms with Crippen LogP contribution in [0.3, 0.4) is 0 Å². The highest BCUT2D eigenvalue weighted by molar-refractivity contribution is 7.10. The Hall–Kier alpha value is -0.870. The summed E-state index contributed by atoms with van der Waals surface area (Å²) < 4.78 is 0. The average molecular weight is 296 g/mol. The number of hydrogen-bond acceptors (Lipinski definition) is 3. The number of hydrogen-bond donors (Lipinski definition) is 2. The maximum absolute atomic E-state index is 12.1. The smallest absolute Gasteiger partial charge is 0.220 e. The third-order valence-corrected chi connectivity index (χ3v) is 4.67. The lowest BCUT2D eigenvalue weighted by molar-refractivity contribution is -0.122. The average Bonchev–Trinajstić information content (AvgIpc) is 2.96. The van der Waals surface area contributed by atoms with Gasteiger partial charge in [-0.2, -0.15) is 0 Å². The van der Waals surface area contributed by atoms with Crippen molar-refractivity contribution < 1.29 is 4.79 Å². The number of thiophene rings is 1. The lowest BCUT2D eigenvalue weighted by atomic mass is 9.94. The Morgan fingerprint density at radius 1 is 1.35 bits per heavy atom. The number of amides is 1. The molecule has 0 radical (unpaired) electrons. The summed E-state index contributed by atoms with van der Waals surface area (Å²) in [4.78, 5) is 13.3. The highest BCUT2D eigenvalue weighted by Crippen LogP contribution is 2.22. The summed E-state index contributed by atoms with van der Waals surface area (Å²) in [6.45, 7) is 5.02. The Kier molecular flexibility index (Phi) is 8.54. The summed E-state index contributed by atoms with van der Waals surface area (Å²) in [6.07, 6.45) is 5.88. The van der Waals surface area contributed by atoms with E-state index in [4.69, 9.17) is 5.73 Å². The molecule has 0 fully saturated rings. The second kappa shape index (κ2) is 9.94. The summed E-state index contributed by atoms with van der Waals surface area (Å²) in [5.74, 6) is 0.765. The molecule has 0 bridgehead atoms. The summed E-state index contributed by atoms with van der Waals surface area (Å²) in [6, 6.07) is 4.29. The molecule has 2 atom stereocenters. The first-order chi connectivity index (χ1) is 9.71. The van der Waals surface area contributed by atoms with Crippen molar-refractivity contribution in [2.24, 2.45) is 11.7 Å². The van der Waals surface area contributed by atoms with Crippen molar-refractivity contribution in [3.05, 3.63) is 22.4 Å². The van der Waals surface area contributed by atoms with Crippen LogP contribution in [0.25, 0.3) is 0 Å². The van der Waals surface area contributed by atoms with Gasteiger partial charge in [0.2, 0.25) is 5.91 Å². The van der Waals surface area contributed by atoms with E-state index < -0.39 is 0 Å². The predicted octanol–water partition coefficient (Wildman–Crippen LogP) is 3.86. The van der Waals surface area contributed by atoms with Crippen molar-refractivity contribution in [2.75, 3.05) is 6.54 Å². The zero-order valence-electron chi connectivity index (χ0n) is 12.7. The Morgan fingerprint density at radius 2 is 2.15 bits per heavy atom. The van der Waals surface area contributed by atoms with Gasteiger partial charge >= 0.3 is 0 Å². The molecular formula is C16H28N2OS. The van der Waals surface area contributed by atoms with Crippen LogP contribution in [0.4, 0.5) is 0 Å². The minimum atomic E-state index is 0.168. The Labute approximate surface area is 127 Å². The lowest BCUT2D eigenvalue weighted by Crippen LogP contribution is -2.28. The third-order valence-electron chi connectivity index (χ3n) is 3.68. The first-order valence-electron chi connectivity index (χ1n) is 7.74. The molecule has 1 aromatic rings. The van der Waals surface area contributed by atoms with Gasteiger partial charge in [-0.05, 0) is 43.2 Å². The number of nitrogens with one attached hydrogen (secondary N) is 1. The molecule has 3 N–H and O–H groups in total. The van der Waals surface area contributed by atoms with Crippen LogP contribution >= 0.6 is 11.3 Å². The molecule has 2 unspecified atom stereocenters. The van der Waals surface area contributed by atoms with Gasteiger partial charge in [-0.3, -0.25) is 4.79 Å². The van der Waals surface area contributed by atoms with Gasteiger partial charge in [0.25, 0.3) is 0 Å². The van der Waals surface area contributed by atoms with Crippen LogP contribution in [0.1, 0.15) is 63.3 Å². The molecule has 0 saturated carbocycles. The maximum Gasteiger partial charge on any atom is 0.220 e. The fourth-order valence-electron chi connectivity index (χ4n) is 2.54. The van der Waals surface area contributed by atoms with Crippen molar-refractivity contribution in [3.8, 4) is 0 Å². The number of nitrogens with two attached hydrogens (primary N) is 1. The highest BCUT2D eigenvalue weighted by Gasteiger charge is 2.15. The van der Waals surface area contributed by atoms with Gasteiger partial charge in [-0.15, -0.1) is 11.3 Å². The van der Waals surface area contributed by atoms with Crippen LogP contribution in [0, 0.1) is 5.92 Å². The monoisotopic (exact) mass is 296 g/mol. The molecular weight excluding hydrogens is 268 g/mol. The summed E-state index contributed by atoms with van der Waals surface area (Å²) in [5, 5.41) is 5.21. The molecule has 0 aromatic carbocycles. The lowest BCUT2D eigenvalue weighted by Gasteiger charge is -2.18. The molecule has 1 aromatic heterocycles. The standard InChI is InChI=1S/C16H28N2OS/c1-3-6-13(10-11-17)8-9-16(19)18-14(4-2)15-7-5-12-20-15/h5,7,12-14H,3-4,6,8-11,17H2,1-2H3,(H,18,19).